The second-order valence-electron chi connectivity index (χ2n) is 7.35. The lowest BCUT2D eigenvalue weighted by atomic mass is 9.77. The lowest BCUT2D eigenvalue weighted by Gasteiger charge is -2.29. The van der Waals surface area contributed by atoms with Crippen LogP contribution in [0.1, 0.15) is 54.9 Å². The standard InChI is InChI=1S/C20H20F4S/c21-17-11-15(14-5-3-13(4-6-14)12-1-2-12)7-8-16(17)18-9-10-19(25-18)20(22,23)24/h7-14H,1-6H2. The molecule has 0 nitrogen and oxygen atoms in total. The summed E-state index contributed by atoms with van der Waals surface area (Å²) in [6.07, 6.45) is 3.00. The highest BCUT2D eigenvalue weighted by molar-refractivity contribution is 7.15. The molecule has 0 atom stereocenters. The quantitative estimate of drug-likeness (QED) is 0.500. The summed E-state index contributed by atoms with van der Waals surface area (Å²) in [5, 5.41) is 0. The topological polar surface area (TPSA) is 0 Å². The molecule has 1 heterocycles. The van der Waals surface area contributed by atoms with E-state index in [1.807, 2.05) is 6.07 Å². The highest BCUT2D eigenvalue weighted by Crippen LogP contribution is 2.47. The Morgan fingerprint density at radius 1 is 0.840 bits per heavy atom. The molecule has 0 radical (unpaired) electrons. The van der Waals surface area contributed by atoms with E-state index in [0.29, 0.717) is 22.1 Å². The van der Waals surface area contributed by atoms with E-state index in [1.165, 1.54) is 37.8 Å². The first-order valence-electron chi connectivity index (χ1n) is 8.88. The predicted molar refractivity (Wildman–Crippen MR) is 92.1 cm³/mol. The Bertz CT molecular complexity index is 749. The Kier molecular flexibility index (Phi) is 4.38. The van der Waals surface area contributed by atoms with Crippen LogP contribution in [0.15, 0.2) is 30.3 Å². The molecule has 2 fully saturated rings. The molecule has 0 bridgehead atoms. The SMILES string of the molecule is Fc1cc(C2CCC(C3CC3)CC2)ccc1-c1ccc(C(F)(F)F)s1. The summed E-state index contributed by atoms with van der Waals surface area (Å²) in [6.45, 7) is 0. The van der Waals surface area contributed by atoms with Crippen LogP contribution in [-0.4, -0.2) is 0 Å². The summed E-state index contributed by atoms with van der Waals surface area (Å²) in [5.41, 5.74) is 1.25. The summed E-state index contributed by atoms with van der Waals surface area (Å²) < 4.78 is 52.7. The summed E-state index contributed by atoms with van der Waals surface area (Å²) in [7, 11) is 0. The third-order valence-electron chi connectivity index (χ3n) is 5.68. The maximum Gasteiger partial charge on any atom is 0.425 e. The summed E-state index contributed by atoms with van der Waals surface area (Å²) in [6, 6.07) is 7.44. The average molecular weight is 368 g/mol. The van der Waals surface area contributed by atoms with Gasteiger partial charge in [0.05, 0.1) is 0 Å². The summed E-state index contributed by atoms with van der Waals surface area (Å²) in [5.74, 6) is 1.75. The minimum atomic E-state index is -4.38. The second-order valence-corrected chi connectivity index (χ2v) is 8.43. The van der Waals surface area contributed by atoms with Crippen LogP contribution < -0.4 is 0 Å². The largest absolute Gasteiger partial charge is 0.425 e. The third kappa shape index (κ3) is 3.62. The van der Waals surface area contributed by atoms with Crippen LogP contribution in [0.3, 0.4) is 0 Å². The molecule has 4 rings (SSSR count). The van der Waals surface area contributed by atoms with Gasteiger partial charge in [0, 0.05) is 10.4 Å². The van der Waals surface area contributed by atoms with Crippen molar-refractivity contribution in [1.29, 1.82) is 0 Å². The highest BCUT2D eigenvalue weighted by atomic mass is 32.1. The van der Waals surface area contributed by atoms with Crippen LogP contribution in [0, 0.1) is 17.7 Å². The number of hydrogen-bond acceptors (Lipinski definition) is 1. The van der Waals surface area contributed by atoms with Crippen molar-refractivity contribution in [3.05, 3.63) is 46.6 Å². The first kappa shape index (κ1) is 17.1. The maximum absolute atomic E-state index is 14.5. The van der Waals surface area contributed by atoms with Crippen molar-refractivity contribution in [3.8, 4) is 10.4 Å². The van der Waals surface area contributed by atoms with E-state index >= 15 is 0 Å². The van der Waals surface area contributed by atoms with Gasteiger partial charge in [0.25, 0.3) is 0 Å². The van der Waals surface area contributed by atoms with Gasteiger partial charge in [-0.25, -0.2) is 4.39 Å². The predicted octanol–water partition coefficient (Wildman–Crippen LogP) is 7.26. The molecular weight excluding hydrogens is 348 g/mol. The minimum absolute atomic E-state index is 0.260. The Hall–Kier alpha value is -1.36. The van der Waals surface area contributed by atoms with E-state index < -0.39 is 16.9 Å². The molecule has 2 aliphatic rings. The van der Waals surface area contributed by atoms with Gasteiger partial charge in [-0.1, -0.05) is 12.1 Å². The lowest BCUT2D eigenvalue weighted by molar-refractivity contribution is -0.134. The van der Waals surface area contributed by atoms with Crippen molar-refractivity contribution in [1.82, 2.24) is 0 Å². The molecule has 0 amide bonds. The fraction of sp³-hybridized carbons (Fsp3) is 0.500. The molecule has 134 valence electrons. The number of halogens is 4. The van der Waals surface area contributed by atoms with Crippen molar-refractivity contribution >= 4 is 11.3 Å². The normalized spacial score (nSPS) is 24.5. The van der Waals surface area contributed by atoms with Gasteiger partial charge in [-0.3, -0.25) is 0 Å². The van der Waals surface area contributed by atoms with Crippen LogP contribution in [0.25, 0.3) is 10.4 Å². The molecule has 25 heavy (non-hydrogen) atoms. The molecule has 0 aliphatic heterocycles. The number of alkyl halides is 3. The van der Waals surface area contributed by atoms with E-state index in [9.17, 15) is 17.6 Å². The van der Waals surface area contributed by atoms with Gasteiger partial charge < -0.3 is 0 Å². The first-order chi connectivity index (χ1) is 11.9. The van der Waals surface area contributed by atoms with E-state index in [1.54, 1.807) is 6.07 Å². The molecular formula is C20H20F4S. The average Bonchev–Trinajstić information content (AvgIpc) is 3.30. The second kappa shape index (κ2) is 6.42. The molecule has 5 heteroatoms. The molecule has 0 saturated heterocycles. The molecule has 1 aromatic carbocycles. The van der Waals surface area contributed by atoms with Crippen LogP contribution >= 0.6 is 11.3 Å². The Morgan fingerprint density at radius 2 is 1.48 bits per heavy atom. The van der Waals surface area contributed by atoms with Crippen LogP contribution in [0.4, 0.5) is 17.6 Å². The Balaban J connectivity index is 1.50. The van der Waals surface area contributed by atoms with E-state index in [2.05, 4.69) is 0 Å². The zero-order valence-electron chi connectivity index (χ0n) is 13.8. The zero-order valence-corrected chi connectivity index (χ0v) is 14.6. The van der Waals surface area contributed by atoms with E-state index in [0.717, 1.165) is 36.3 Å². The Morgan fingerprint density at radius 3 is 2.00 bits per heavy atom. The van der Waals surface area contributed by atoms with Crippen molar-refractivity contribution in [2.75, 3.05) is 0 Å². The van der Waals surface area contributed by atoms with Crippen molar-refractivity contribution in [3.63, 3.8) is 0 Å². The monoisotopic (exact) mass is 368 g/mol. The van der Waals surface area contributed by atoms with E-state index in [-0.39, 0.29) is 5.56 Å². The van der Waals surface area contributed by atoms with Crippen molar-refractivity contribution in [2.45, 2.75) is 50.6 Å². The van der Waals surface area contributed by atoms with Gasteiger partial charge in [0.15, 0.2) is 0 Å². The molecule has 0 N–H and O–H groups in total. The van der Waals surface area contributed by atoms with Crippen LogP contribution in [-0.2, 0) is 6.18 Å². The third-order valence-corrected chi connectivity index (χ3v) is 6.84. The fourth-order valence-electron chi connectivity index (χ4n) is 4.11. The smallest absolute Gasteiger partial charge is 0.206 e. The highest BCUT2D eigenvalue weighted by Gasteiger charge is 2.35. The number of hydrogen-bond donors (Lipinski definition) is 0. The molecule has 1 aromatic heterocycles. The summed E-state index contributed by atoms with van der Waals surface area (Å²) >= 11 is 0.594. The molecule has 0 spiro atoms. The van der Waals surface area contributed by atoms with Crippen molar-refractivity contribution < 1.29 is 17.6 Å². The summed E-state index contributed by atoms with van der Waals surface area (Å²) in [4.78, 5) is -0.363. The van der Waals surface area contributed by atoms with Gasteiger partial charge in [-0.05, 0) is 80.0 Å². The van der Waals surface area contributed by atoms with Crippen molar-refractivity contribution in [2.24, 2.45) is 11.8 Å². The number of rotatable bonds is 3. The Labute approximate surface area is 148 Å². The zero-order chi connectivity index (χ0) is 17.6. The lowest BCUT2D eigenvalue weighted by Crippen LogP contribution is -2.14. The van der Waals surface area contributed by atoms with E-state index in [4.69, 9.17) is 0 Å². The van der Waals surface area contributed by atoms with Gasteiger partial charge >= 0.3 is 6.18 Å². The number of benzene rings is 1. The molecule has 2 saturated carbocycles. The van der Waals surface area contributed by atoms with Crippen LogP contribution in [0.5, 0.6) is 0 Å². The fourth-order valence-corrected chi connectivity index (χ4v) is 5.01. The first-order valence-corrected chi connectivity index (χ1v) is 9.70. The van der Waals surface area contributed by atoms with Gasteiger partial charge in [0.1, 0.15) is 10.7 Å². The minimum Gasteiger partial charge on any atom is -0.206 e. The van der Waals surface area contributed by atoms with Gasteiger partial charge in [0.2, 0.25) is 0 Å². The molecule has 2 aromatic rings. The molecule has 2 aliphatic carbocycles. The number of thiophene rings is 1. The molecule has 0 unspecified atom stereocenters. The van der Waals surface area contributed by atoms with Gasteiger partial charge in [-0.15, -0.1) is 11.3 Å². The maximum atomic E-state index is 14.5. The van der Waals surface area contributed by atoms with Gasteiger partial charge in [-0.2, -0.15) is 13.2 Å². The van der Waals surface area contributed by atoms with Crippen LogP contribution in [0.2, 0.25) is 0 Å².